The van der Waals surface area contributed by atoms with Crippen molar-refractivity contribution in [3.05, 3.63) is 29.8 Å². The standard InChI is InChI=1S/C13H15BrF2O2/c14-9-3-1-2-4-12(17)10-5-7-11(8-6-10)18-13(15)16/h5-8,13H,1-4,9H2. The van der Waals surface area contributed by atoms with E-state index in [9.17, 15) is 13.6 Å². The quantitative estimate of drug-likeness (QED) is 0.402. The number of carbonyl (C=O) groups is 1. The Kier molecular flexibility index (Phi) is 6.86. The number of hydrogen-bond donors (Lipinski definition) is 0. The van der Waals surface area contributed by atoms with Gasteiger partial charge in [0, 0.05) is 17.3 Å². The number of ether oxygens (including phenoxy) is 1. The zero-order valence-corrected chi connectivity index (χ0v) is 11.5. The normalized spacial score (nSPS) is 10.7. The van der Waals surface area contributed by atoms with Crippen molar-refractivity contribution in [2.45, 2.75) is 32.3 Å². The van der Waals surface area contributed by atoms with Crippen molar-refractivity contribution < 1.29 is 18.3 Å². The summed E-state index contributed by atoms with van der Waals surface area (Å²) in [4.78, 5) is 11.7. The minimum absolute atomic E-state index is 0.0353. The Labute approximate surface area is 113 Å². The molecule has 0 bridgehead atoms. The molecular formula is C13H15BrF2O2. The van der Waals surface area contributed by atoms with Crippen LogP contribution >= 0.6 is 15.9 Å². The summed E-state index contributed by atoms with van der Waals surface area (Å²) in [6.07, 6.45) is 3.39. The van der Waals surface area contributed by atoms with Crippen molar-refractivity contribution in [2.24, 2.45) is 0 Å². The fraction of sp³-hybridized carbons (Fsp3) is 0.462. The molecule has 0 spiro atoms. The minimum Gasteiger partial charge on any atom is -0.435 e. The fourth-order valence-electron chi connectivity index (χ4n) is 1.52. The van der Waals surface area contributed by atoms with Crippen molar-refractivity contribution >= 4 is 21.7 Å². The molecule has 0 radical (unpaired) electrons. The molecule has 1 aromatic carbocycles. The molecule has 0 aliphatic heterocycles. The fourth-order valence-corrected chi connectivity index (χ4v) is 1.92. The highest BCUT2D eigenvalue weighted by Crippen LogP contribution is 2.16. The van der Waals surface area contributed by atoms with Crippen LogP contribution in [-0.2, 0) is 0 Å². The third-order valence-corrected chi connectivity index (χ3v) is 3.00. The van der Waals surface area contributed by atoms with Crippen LogP contribution in [0.2, 0.25) is 0 Å². The first-order chi connectivity index (χ1) is 8.63. The molecule has 18 heavy (non-hydrogen) atoms. The van der Waals surface area contributed by atoms with E-state index in [0.29, 0.717) is 12.0 Å². The lowest BCUT2D eigenvalue weighted by Crippen LogP contribution is -2.03. The van der Waals surface area contributed by atoms with E-state index in [1.165, 1.54) is 24.3 Å². The average Bonchev–Trinajstić information content (AvgIpc) is 2.34. The van der Waals surface area contributed by atoms with Gasteiger partial charge in [0.05, 0.1) is 0 Å². The van der Waals surface area contributed by atoms with Crippen LogP contribution in [0.1, 0.15) is 36.0 Å². The van der Waals surface area contributed by atoms with Gasteiger partial charge in [-0.2, -0.15) is 8.78 Å². The molecule has 0 N–H and O–H groups in total. The van der Waals surface area contributed by atoms with Crippen LogP contribution in [0.5, 0.6) is 5.75 Å². The number of ketones is 1. The Balaban J connectivity index is 2.43. The summed E-state index contributed by atoms with van der Waals surface area (Å²) >= 11 is 3.33. The van der Waals surface area contributed by atoms with Crippen LogP contribution in [0.25, 0.3) is 0 Å². The van der Waals surface area contributed by atoms with Gasteiger partial charge in [0.2, 0.25) is 0 Å². The number of benzene rings is 1. The maximum Gasteiger partial charge on any atom is 0.387 e. The Morgan fingerprint density at radius 3 is 2.39 bits per heavy atom. The number of halogens is 3. The lowest BCUT2D eigenvalue weighted by atomic mass is 10.0. The molecule has 0 saturated heterocycles. The summed E-state index contributed by atoms with van der Waals surface area (Å²) in [5.74, 6) is 0.106. The number of rotatable bonds is 8. The van der Waals surface area contributed by atoms with E-state index < -0.39 is 6.61 Å². The first-order valence-corrected chi connectivity index (χ1v) is 6.89. The van der Waals surface area contributed by atoms with Crippen molar-refractivity contribution in [3.8, 4) is 5.75 Å². The van der Waals surface area contributed by atoms with E-state index in [-0.39, 0.29) is 11.5 Å². The topological polar surface area (TPSA) is 26.3 Å². The van der Waals surface area contributed by atoms with Gasteiger partial charge < -0.3 is 4.74 Å². The molecule has 0 fully saturated rings. The van der Waals surface area contributed by atoms with Gasteiger partial charge in [-0.3, -0.25) is 4.79 Å². The van der Waals surface area contributed by atoms with Gasteiger partial charge in [0.25, 0.3) is 0 Å². The minimum atomic E-state index is -2.84. The number of alkyl halides is 3. The Hall–Kier alpha value is -0.970. The monoisotopic (exact) mass is 320 g/mol. The molecule has 0 aliphatic carbocycles. The molecule has 0 amide bonds. The lowest BCUT2D eigenvalue weighted by molar-refractivity contribution is -0.0498. The van der Waals surface area contributed by atoms with Gasteiger partial charge in [0.15, 0.2) is 5.78 Å². The highest BCUT2D eigenvalue weighted by molar-refractivity contribution is 9.09. The number of carbonyl (C=O) groups excluding carboxylic acids is 1. The summed E-state index contributed by atoms with van der Waals surface area (Å²) in [5.41, 5.74) is 0.537. The Morgan fingerprint density at radius 2 is 1.83 bits per heavy atom. The lowest BCUT2D eigenvalue weighted by Gasteiger charge is -2.05. The molecule has 1 aromatic rings. The predicted octanol–water partition coefficient (Wildman–Crippen LogP) is 4.43. The molecule has 1 rings (SSSR count). The van der Waals surface area contributed by atoms with Gasteiger partial charge in [-0.05, 0) is 37.1 Å². The smallest absolute Gasteiger partial charge is 0.387 e. The molecule has 0 heterocycles. The molecule has 0 aliphatic rings. The Morgan fingerprint density at radius 1 is 1.17 bits per heavy atom. The van der Waals surface area contributed by atoms with Gasteiger partial charge in [-0.15, -0.1) is 0 Å². The van der Waals surface area contributed by atoms with E-state index in [2.05, 4.69) is 20.7 Å². The van der Waals surface area contributed by atoms with Crippen molar-refractivity contribution in [2.75, 3.05) is 5.33 Å². The van der Waals surface area contributed by atoms with E-state index in [0.717, 1.165) is 24.6 Å². The van der Waals surface area contributed by atoms with E-state index in [4.69, 9.17) is 0 Å². The van der Waals surface area contributed by atoms with E-state index in [1.807, 2.05) is 0 Å². The second-order valence-corrected chi connectivity index (χ2v) is 4.62. The largest absolute Gasteiger partial charge is 0.435 e. The molecular weight excluding hydrogens is 306 g/mol. The summed E-state index contributed by atoms with van der Waals surface area (Å²) < 4.78 is 28.1. The highest BCUT2D eigenvalue weighted by atomic mass is 79.9. The van der Waals surface area contributed by atoms with Gasteiger partial charge in [-0.1, -0.05) is 22.4 Å². The maximum absolute atomic E-state index is 11.9. The van der Waals surface area contributed by atoms with Gasteiger partial charge in [-0.25, -0.2) is 0 Å². The number of hydrogen-bond acceptors (Lipinski definition) is 2. The maximum atomic E-state index is 11.9. The highest BCUT2D eigenvalue weighted by Gasteiger charge is 2.07. The first-order valence-electron chi connectivity index (χ1n) is 5.77. The third kappa shape index (κ3) is 5.58. The van der Waals surface area contributed by atoms with Crippen LogP contribution in [0.15, 0.2) is 24.3 Å². The van der Waals surface area contributed by atoms with E-state index >= 15 is 0 Å². The van der Waals surface area contributed by atoms with Crippen LogP contribution < -0.4 is 4.74 Å². The van der Waals surface area contributed by atoms with Crippen LogP contribution in [0.3, 0.4) is 0 Å². The predicted molar refractivity (Wildman–Crippen MR) is 69.7 cm³/mol. The zero-order chi connectivity index (χ0) is 13.4. The second-order valence-electron chi connectivity index (χ2n) is 3.83. The van der Waals surface area contributed by atoms with Crippen LogP contribution in [0.4, 0.5) is 8.78 Å². The molecule has 0 unspecified atom stereocenters. The molecule has 5 heteroatoms. The van der Waals surface area contributed by atoms with Crippen molar-refractivity contribution in [3.63, 3.8) is 0 Å². The molecule has 0 atom stereocenters. The van der Waals surface area contributed by atoms with Gasteiger partial charge >= 0.3 is 6.61 Å². The van der Waals surface area contributed by atoms with Crippen molar-refractivity contribution in [1.82, 2.24) is 0 Å². The van der Waals surface area contributed by atoms with Crippen LogP contribution in [0, 0.1) is 0 Å². The zero-order valence-electron chi connectivity index (χ0n) is 9.87. The van der Waals surface area contributed by atoms with Crippen molar-refractivity contribution in [1.29, 1.82) is 0 Å². The molecule has 0 saturated carbocycles. The van der Waals surface area contributed by atoms with Crippen LogP contribution in [-0.4, -0.2) is 17.7 Å². The summed E-state index contributed by atoms with van der Waals surface area (Å²) in [5, 5.41) is 0.945. The molecule has 100 valence electrons. The van der Waals surface area contributed by atoms with Gasteiger partial charge in [0.1, 0.15) is 5.75 Å². The average molecular weight is 321 g/mol. The number of unbranched alkanes of at least 4 members (excludes halogenated alkanes) is 2. The number of Topliss-reactive ketones (excluding diaryl/α,β-unsaturated/α-hetero) is 1. The summed E-state index contributed by atoms with van der Waals surface area (Å²) in [6.45, 7) is -2.84. The molecule has 0 aromatic heterocycles. The first kappa shape index (κ1) is 15.1. The Bertz CT molecular complexity index is 366. The second kappa shape index (κ2) is 8.19. The summed E-state index contributed by atoms with van der Waals surface area (Å²) in [7, 11) is 0. The third-order valence-electron chi connectivity index (χ3n) is 2.44. The summed E-state index contributed by atoms with van der Waals surface area (Å²) in [6, 6.07) is 5.81. The molecule has 2 nitrogen and oxygen atoms in total. The van der Waals surface area contributed by atoms with E-state index in [1.54, 1.807) is 0 Å². The SMILES string of the molecule is O=C(CCCCCBr)c1ccc(OC(F)F)cc1.